The van der Waals surface area contributed by atoms with Gasteiger partial charge in [0.15, 0.2) is 11.8 Å². The Kier molecular flexibility index (Phi) is 6.68. The van der Waals surface area contributed by atoms with Crippen LogP contribution in [0.4, 0.5) is 0 Å². The predicted molar refractivity (Wildman–Crippen MR) is 105 cm³/mol. The fraction of sp³-hybridized carbons (Fsp3) is 0.789. The zero-order chi connectivity index (χ0) is 19.2. The van der Waals surface area contributed by atoms with Crippen molar-refractivity contribution in [2.75, 3.05) is 20.1 Å². The first kappa shape index (κ1) is 19.6. The molecular weight excluding hydrogens is 342 g/mol. The first-order valence-electron chi connectivity index (χ1n) is 10.2. The van der Waals surface area contributed by atoms with E-state index in [1.807, 2.05) is 18.5 Å². The Hall–Kier alpha value is -2.12. The number of aromatic nitrogens is 3. The number of piperidine rings is 1. The molecule has 1 amide bonds. The number of amides is 1. The van der Waals surface area contributed by atoms with E-state index >= 15 is 0 Å². The number of nitrogens with zero attached hydrogens (tertiary/aromatic N) is 5. The van der Waals surface area contributed by atoms with Gasteiger partial charge in [-0.25, -0.2) is 4.99 Å². The Balaban J connectivity index is 1.64. The second-order valence-electron chi connectivity index (χ2n) is 7.80. The van der Waals surface area contributed by atoms with E-state index in [1.54, 1.807) is 7.05 Å². The van der Waals surface area contributed by atoms with Gasteiger partial charge >= 0.3 is 0 Å². The fourth-order valence-electron chi connectivity index (χ4n) is 3.94. The van der Waals surface area contributed by atoms with Crippen LogP contribution in [0, 0.1) is 12.8 Å². The zero-order valence-electron chi connectivity index (χ0n) is 16.9. The van der Waals surface area contributed by atoms with Crippen molar-refractivity contribution in [3.63, 3.8) is 0 Å². The highest BCUT2D eigenvalue weighted by molar-refractivity contribution is 5.80. The standard InChI is InChI=1S/C19H33N7O/c1-14-23-24-17(25(14)3)13-21-19(22-16-6-4-5-7-16)26-10-8-15(9-11-26)12-18(27)20-2/h15-16H,4-13H2,1-3H3,(H,20,27)(H,21,22). The molecule has 3 rings (SSSR count). The number of nitrogens with one attached hydrogen (secondary N) is 2. The molecule has 1 saturated heterocycles. The summed E-state index contributed by atoms with van der Waals surface area (Å²) in [5, 5.41) is 14.8. The monoisotopic (exact) mass is 375 g/mol. The van der Waals surface area contributed by atoms with Crippen LogP contribution in [-0.4, -0.2) is 57.7 Å². The maximum Gasteiger partial charge on any atom is 0.220 e. The van der Waals surface area contributed by atoms with Gasteiger partial charge in [0.2, 0.25) is 5.91 Å². The molecule has 1 saturated carbocycles. The molecule has 0 radical (unpaired) electrons. The van der Waals surface area contributed by atoms with E-state index in [-0.39, 0.29) is 5.91 Å². The molecule has 1 aromatic rings. The summed E-state index contributed by atoms with van der Waals surface area (Å²) in [6.45, 7) is 4.37. The van der Waals surface area contributed by atoms with E-state index < -0.39 is 0 Å². The van der Waals surface area contributed by atoms with Crippen molar-refractivity contribution in [1.82, 2.24) is 30.3 Å². The van der Waals surface area contributed by atoms with Gasteiger partial charge in [-0.3, -0.25) is 4.79 Å². The molecular formula is C19H33N7O. The van der Waals surface area contributed by atoms with Crippen LogP contribution in [0.25, 0.3) is 0 Å². The van der Waals surface area contributed by atoms with E-state index in [0.717, 1.165) is 43.5 Å². The van der Waals surface area contributed by atoms with Crippen LogP contribution < -0.4 is 10.6 Å². The highest BCUT2D eigenvalue weighted by Gasteiger charge is 2.25. The second-order valence-corrected chi connectivity index (χ2v) is 7.80. The van der Waals surface area contributed by atoms with Crippen molar-refractivity contribution >= 4 is 11.9 Å². The molecule has 1 aromatic heterocycles. The molecule has 8 heteroatoms. The largest absolute Gasteiger partial charge is 0.359 e. The van der Waals surface area contributed by atoms with Gasteiger partial charge in [0, 0.05) is 39.6 Å². The molecule has 2 N–H and O–H groups in total. The molecule has 27 heavy (non-hydrogen) atoms. The molecule has 1 aliphatic heterocycles. The Morgan fingerprint density at radius 3 is 2.48 bits per heavy atom. The number of carbonyl (C=O) groups is 1. The van der Waals surface area contributed by atoms with Gasteiger partial charge < -0.3 is 20.1 Å². The maximum absolute atomic E-state index is 11.6. The number of rotatable bonds is 5. The summed E-state index contributed by atoms with van der Waals surface area (Å²) in [6, 6.07) is 0.522. The number of aliphatic imine (C=N–C) groups is 1. The van der Waals surface area contributed by atoms with E-state index in [2.05, 4.69) is 25.7 Å². The van der Waals surface area contributed by atoms with Crippen LogP contribution in [0.2, 0.25) is 0 Å². The number of hydrogen-bond donors (Lipinski definition) is 2. The van der Waals surface area contributed by atoms with E-state index in [1.165, 1.54) is 25.7 Å². The zero-order valence-corrected chi connectivity index (χ0v) is 16.9. The minimum atomic E-state index is 0.143. The van der Waals surface area contributed by atoms with Crippen molar-refractivity contribution in [1.29, 1.82) is 0 Å². The summed E-state index contributed by atoms with van der Waals surface area (Å²) in [6.07, 6.45) is 7.71. The van der Waals surface area contributed by atoms with Crippen molar-refractivity contribution in [2.45, 2.75) is 64.5 Å². The van der Waals surface area contributed by atoms with Gasteiger partial charge in [-0.05, 0) is 38.5 Å². The van der Waals surface area contributed by atoms with Crippen LogP contribution in [0.1, 0.15) is 56.6 Å². The first-order valence-corrected chi connectivity index (χ1v) is 10.2. The number of aryl methyl sites for hydroxylation is 1. The molecule has 150 valence electrons. The predicted octanol–water partition coefficient (Wildman–Crippen LogP) is 1.36. The lowest BCUT2D eigenvalue weighted by Gasteiger charge is -2.35. The summed E-state index contributed by atoms with van der Waals surface area (Å²) in [5.74, 6) is 3.38. The molecule has 0 aromatic carbocycles. The highest BCUT2D eigenvalue weighted by Crippen LogP contribution is 2.22. The normalized spacial score (nSPS) is 19.5. The Morgan fingerprint density at radius 1 is 1.19 bits per heavy atom. The van der Waals surface area contributed by atoms with Crippen LogP contribution in [0.15, 0.2) is 4.99 Å². The summed E-state index contributed by atoms with van der Waals surface area (Å²) in [4.78, 5) is 18.9. The van der Waals surface area contributed by atoms with Gasteiger partial charge in [0.05, 0.1) is 0 Å². The number of carbonyl (C=O) groups excluding carboxylic acids is 1. The quantitative estimate of drug-likeness (QED) is 0.599. The van der Waals surface area contributed by atoms with E-state index in [0.29, 0.717) is 24.9 Å². The minimum absolute atomic E-state index is 0.143. The van der Waals surface area contributed by atoms with Crippen LogP contribution in [-0.2, 0) is 18.4 Å². The van der Waals surface area contributed by atoms with Crippen molar-refractivity contribution in [3.8, 4) is 0 Å². The number of hydrogen-bond acceptors (Lipinski definition) is 4. The lowest BCUT2D eigenvalue weighted by atomic mass is 9.93. The van der Waals surface area contributed by atoms with Crippen molar-refractivity contribution in [3.05, 3.63) is 11.6 Å². The van der Waals surface area contributed by atoms with Crippen molar-refractivity contribution < 1.29 is 4.79 Å². The molecule has 1 aliphatic carbocycles. The topological polar surface area (TPSA) is 87.4 Å². The Bertz CT molecular complexity index is 655. The third-order valence-electron chi connectivity index (χ3n) is 5.91. The molecule has 0 unspecified atom stereocenters. The van der Waals surface area contributed by atoms with Gasteiger partial charge in [-0.15, -0.1) is 10.2 Å². The molecule has 0 spiro atoms. The molecule has 0 atom stereocenters. The summed E-state index contributed by atoms with van der Waals surface area (Å²) >= 11 is 0. The Morgan fingerprint density at radius 2 is 1.89 bits per heavy atom. The van der Waals surface area contributed by atoms with Crippen molar-refractivity contribution in [2.24, 2.45) is 18.0 Å². The van der Waals surface area contributed by atoms with Gasteiger partial charge in [-0.1, -0.05) is 12.8 Å². The average Bonchev–Trinajstić information content (AvgIpc) is 3.30. The SMILES string of the molecule is CNC(=O)CC1CCN(C(=NCc2nnc(C)n2C)NC2CCCC2)CC1. The second kappa shape index (κ2) is 9.19. The molecule has 2 heterocycles. The van der Waals surface area contributed by atoms with Gasteiger partial charge in [-0.2, -0.15) is 0 Å². The van der Waals surface area contributed by atoms with E-state index in [4.69, 9.17) is 4.99 Å². The highest BCUT2D eigenvalue weighted by atomic mass is 16.1. The first-order chi connectivity index (χ1) is 13.1. The lowest BCUT2D eigenvalue weighted by molar-refractivity contribution is -0.121. The fourth-order valence-corrected chi connectivity index (χ4v) is 3.94. The molecule has 8 nitrogen and oxygen atoms in total. The average molecular weight is 376 g/mol. The van der Waals surface area contributed by atoms with Crippen LogP contribution in [0.3, 0.4) is 0 Å². The number of likely N-dealkylation sites (tertiary alicyclic amines) is 1. The summed E-state index contributed by atoms with van der Waals surface area (Å²) in [7, 11) is 3.69. The lowest BCUT2D eigenvalue weighted by Crippen LogP contribution is -2.48. The third-order valence-corrected chi connectivity index (χ3v) is 5.91. The maximum atomic E-state index is 11.6. The number of guanidine groups is 1. The van der Waals surface area contributed by atoms with Crippen LogP contribution >= 0.6 is 0 Å². The molecule has 2 aliphatic rings. The minimum Gasteiger partial charge on any atom is -0.359 e. The third kappa shape index (κ3) is 5.20. The smallest absolute Gasteiger partial charge is 0.220 e. The van der Waals surface area contributed by atoms with Gasteiger partial charge in [0.25, 0.3) is 0 Å². The van der Waals surface area contributed by atoms with E-state index in [9.17, 15) is 4.79 Å². The summed E-state index contributed by atoms with van der Waals surface area (Å²) < 4.78 is 1.99. The molecule has 2 fully saturated rings. The Labute approximate surface area is 161 Å². The molecule has 0 bridgehead atoms. The van der Waals surface area contributed by atoms with Crippen LogP contribution in [0.5, 0.6) is 0 Å². The summed E-state index contributed by atoms with van der Waals surface area (Å²) in [5.41, 5.74) is 0. The van der Waals surface area contributed by atoms with Gasteiger partial charge in [0.1, 0.15) is 12.4 Å².